The van der Waals surface area contributed by atoms with Gasteiger partial charge in [0.05, 0.1) is 22.4 Å². The van der Waals surface area contributed by atoms with Crippen molar-refractivity contribution in [2.24, 2.45) is 0 Å². The quantitative estimate of drug-likeness (QED) is 0.495. The third-order valence-corrected chi connectivity index (χ3v) is 3.62. The highest BCUT2D eigenvalue weighted by Crippen LogP contribution is 2.38. The zero-order valence-corrected chi connectivity index (χ0v) is 12.8. The molecule has 102 valence electrons. The number of benzene rings is 1. The molecule has 0 amide bonds. The van der Waals surface area contributed by atoms with E-state index in [4.69, 9.17) is 27.9 Å². The van der Waals surface area contributed by atoms with E-state index in [1.165, 1.54) is 12.1 Å². The smallest absolute Gasteiger partial charge is 0.398 e. The van der Waals surface area contributed by atoms with Gasteiger partial charge in [-0.1, -0.05) is 39.1 Å². The summed E-state index contributed by atoms with van der Waals surface area (Å²) in [7, 11) is 0. The molecule has 1 nitrogen and oxygen atoms in total. The van der Waals surface area contributed by atoms with E-state index >= 15 is 0 Å². The van der Waals surface area contributed by atoms with Gasteiger partial charge >= 0.3 is 6.18 Å². The highest BCUT2D eigenvalue weighted by molar-refractivity contribution is 9.09. The Morgan fingerprint density at radius 1 is 1.22 bits per heavy atom. The van der Waals surface area contributed by atoms with Crippen molar-refractivity contribution in [3.8, 4) is 5.75 Å². The lowest BCUT2D eigenvalue weighted by Gasteiger charge is -2.11. The van der Waals surface area contributed by atoms with Crippen molar-refractivity contribution in [3.05, 3.63) is 22.2 Å². The molecule has 0 saturated carbocycles. The minimum absolute atomic E-state index is 0.202. The Morgan fingerprint density at radius 3 is 2.22 bits per heavy atom. The summed E-state index contributed by atoms with van der Waals surface area (Å²) in [6.07, 6.45) is -4.23. The van der Waals surface area contributed by atoms with Crippen molar-refractivity contribution in [2.75, 3.05) is 17.7 Å². The second kappa shape index (κ2) is 7.12. The second-order valence-corrected chi connectivity index (χ2v) is 5.81. The molecular weight excluding hydrogens is 376 g/mol. The van der Waals surface area contributed by atoms with Gasteiger partial charge in [-0.3, -0.25) is 0 Å². The molecule has 0 saturated heterocycles. The molecular formula is C10H8BrCl2F3OS. The van der Waals surface area contributed by atoms with Crippen LogP contribution in [-0.4, -0.2) is 23.9 Å². The van der Waals surface area contributed by atoms with Crippen LogP contribution in [0.5, 0.6) is 5.75 Å². The zero-order chi connectivity index (χ0) is 13.8. The van der Waals surface area contributed by atoms with Crippen LogP contribution < -0.4 is 4.74 Å². The fourth-order valence-corrected chi connectivity index (χ4v) is 2.68. The Balaban J connectivity index is 2.79. The van der Waals surface area contributed by atoms with Crippen molar-refractivity contribution in [3.63, 3.8) is 0 Å². The Morgan fingerprint density at radius 2 is 1.78 bits per heavy atom. The van der Waals surface area contributed by atoms with E-state index in [9.17, 15) is 13.2 Å². The molecule has 0 fully saturated rings. The molecule has 0 unspecified atom stereocenters. The monoisotopic (exact) mass is 382 g/mol. The van der Waals surface area contributed by atoms with Gasteiger partial charge in [-0.25, -0.2) is 0 Å². The highest BCUT2D eigenvalue weighted by Gasteiger charge is 2.27. The first kappa shape index (κ1) is 16.3. The standard InChI is InChI=1S/C10H8BrCl2F3OS/c11-1-2-17-9-7(12)3-6(4-8(9)13)18-5-10(14,15)16/h3-4H,1-2,5H2. The van der Waals surface area contributed by atoms with Gasteiger partial charge in [0.2, 0.25) is 0 Å². The largest absolute Gasteiger partial charge is 0.490 e. The van der Waals surface area contributed by atoms with E-state index in [1.54, 1.807) is 0 Å². The van der Waals surface area contributed by atoms with Gasteiger partial charge < -0.3 is 4.74 Å². The average Bonchev–Trinajstić information content (AvgIpc) is 2.24. The minimum Gasteiger partial charge on any atom is -0.490 e. The van der Waals surface area contributed by atoms with Crippen molar-refractivity contribution in [1.29, 1.82) is 0 Å². The van der Waals surface area contributed by atoms with E-state index in [2.05, 4.69) is 15.9 Å². The maximum Gasteiger partial charge on any atom is 0.398 e. The SMILES string of the molecule is FC(F)(F)CSc1cc(Cl)c(OCCBr)c(Cl)c1. The van der Waals surface area contributed by atoms with Crippen LogP contribution in [0.25, 0.3) is 0 Å². The number of hydrogen-bond donors (Lipinski definition) is 0. The van der Waals surface area contributed by atoms with E-state index in [0.29, 0.717) is 28.6 Å². The number of ether oxygens (including phenoxy) is 1. The fraction of sp³-hybridized carbons (Fsp3) is 0.400. The van der Waals surface area contributed by atoms with Gasteiger partial charge in [0.25, 0.3) is 0 Å². The Bertz CT molecular complexity index is 392. The summed E-state index contributed by atoms with van der Waals surface area (Å²) in [5, 5.41) is 1.01. The number of hydrogen-bond acceptors (Lipinski definition) is 2. The Hall–Kier alpha value is 0.220. The maximum atomic E-state index is 12.1. The summed E-state index contributed by atoms with van der Waals surface area (Å²) in [4.78, 5) is 0.355. The summed E-state index contributed by atoms with van der Waals surface area (Å²) in [5.74, 6) is -0.699. The van der Waals surface area contributed by atoms with Crippen LogP contribution in [0.2, 0.25) is 10.0 Å². The summed E-state index contributed by atoms with van der Waals surface area (Å²) in [6, 6.07) is 2.82. The van der Waals surface area contributed by atoms with Crippen molar-refractivity contribution >= 4 is 50.9 Å². The topological polar surface area (TPSA) is 9.23 Å². The molecule has 1 aromatic rings. The molecule has 0 spiro atoms. The molecule has 0 radical (unpaired) electrons. The molecule has 0 heterocycles. The molecule has 0 aromatic heterocycles. The lowest BCUT2D eigenvalue weighted by atomic mass is 10.3. The Kier molecular flexibility index (Phi) is 6.44. The Labute approximate surface area is 125 Å². The highest BCUT2D eigenvalue weighted by atomic mass is 79.9. The summed E-state index contributed by atoms with van der Waals surface area (Å²) in [6.45, 7) is 0.370. The first-order chi connectivity index (χ1) is 8.33. The first-order valence-corrected chi connectivity index (χ1v) is 7.57. The van der Waals surface area contributed by atoms with Crippen molar-refractivity contribution < 1.29 is 17.9 Å². The van der Waals surface area contributed by atoms with Crippen LogP contribution in [0.15, 0.2) is 17.0 Å². The summed E-state index contributed by atoms with van der Waals surface area (Å²) >= 11 is 15.6. The normalized spacial score (nSPS) is 11.7. The molecule has 18 heavy (non-hydrogen) atoms. The third kappa shape index (κ3) is 5.47. The molecule has 1 rings (SSSR count). The van der Waals surface area contributed by atoms with Crippen LogP contribution in [0.3, 0.4) is 0 Å². The fourth-order valence-electron chi connectivity index (χ4n) is 1.06. The second-order valence-electron chi connectivity index (χ2n) is 3.16. The van der Waals surface area contributed by atoms with Crippen LogP contribution >= 0.6 is 50.9 Å². The summed E-state index contributed by atoms with van der Waals surface area (Å²) in [5.41, 5.74) is 0. The van der Waals surface area contributed by atoms with Crippen LogP contribution in [-0.2, 0) is 0 Å². The van der Waals surface area contributed by atoms with Gasteiger partial charge in [-0.05, 0) is 12.1 Å². The molecule has 1 aromatic carbocycles. The number of thioether (sulfide) groups is 1. The summed E-state index contributed by atoms with van der Waals surface area (Å²) < 4.78 is 41.5. The van der Waals surface area contributed by atoms with Gasteiger partial charge in [0.1, 0.15) is 0 Å². The van der Waals surface area contributed by atoms with E-state index < -0.39 is 11.9 Å². The van der Waals surface area contributed by atoms with Crippen LogP contribution in [0, 0.1) is 0 Å². The van der Waals surface area contributed by atoms with E-state index in [0.717, 1.165) is 0 Å². The number of halogens is 6. The predicted molar refractivity (Wildman–Crippen MR) is 72.5 cm³/mol. The molecule has 0 aliphatic rings. The van der Waals surface area contributed by atoms with E-state index in [1.807, 2.05) is 0 Å². The molecule has 0 N–H and O–H groups in total. The zero-order valence-electron chi connectivity index (χ0n) is 8.86. The number of alkyl halides is 4. The van der Waals surface area contributed by atoms with E-state index in [-0.39, 0.29) is 15.8 Å². The maximum absolute atomic E-state index is 12.1. The predicted octanol–water partition coefficient (Wildman–Crippen LogP) is 5.42. The molecule has 0 aliphatic carbocycles. The van der Waals surface area contributed by atoms with Gasteiger partial charge in [0.15, 0.2) is 5.75 Å². The van der Waals surface area contributed by atoms with Crippen LogP contribution in [0.4, 0.5) is 13.2 Å². The molecule has 0 aliphatic heterocycles. The lowest BCUT2D eigenvalue weighted by Crippen LogP contribution is -2.10. The van der Waals surface area contributed by atoms with Crippen LogP contribution in [0.1, 0.15) is 0 Å². The average molecular weight is 384 g/mol. The van der Waals surface area contributed by atoms with Crippen molar-refractivity contribution in [2.45, 2.75) is 11.1 Å². The number of rotatable bonds is 5. The van der Waals surface area contributed by atoms with Gasteiger partial charge in [0, 0.05) is 10.2 Å². The lowest BCUT2D eigenvalue weighted by molar-refractivity contribution is -0.105. The van der Waals surface area contributed by atoms with Crippen molar-refractivity contribution in [1.82, 2.24) is 0 Å². The van der Waals surface area contributed by atoms with Gasteiger partial charge in [-0.2, -0.15) is 13.2 Å². The molecule has 0 atom stereocenters. The van der Waals surface area contributed by atoms with Gasteiger partial charge in [-0.15, -0.1) is 11.8 Å². The third-order valence-electron chi connectivity index (χ3n) is 1.70. The molecule has 0 bridgehead atoms. The first-order valence-electron chi connectivity index (χ1n) is 4.71. The molecule has 8 heteroatoms. The minimum atomic E-state index is -4.23.